The normalized spacial score (nSPS) is 27.7. The van der Waals surface area contributed by atoms with Gasteiger partial charge < -0.3 is 14.0 Å². The molecule has 5 heteroatoms. The van der Waals surface area contributed by atoms with Gasteiger partial charge in [-0.1, -0.05) is 30.7 Å². The van der Waals surface area contributed by atoms with E-state index in [9.17, 15) is 4.79 Å². The Kier molecular flexibility index (Phi) is 3.56. The highest BCUT2D eigenvalue weighted by atomic mass is 16.5. The summed E-state index contributed by atoms with van der Waals surface area (Å²) in [7, 11) is 0. The first-order valence-electron chi connectivity index (χ1n) is 8.48. The Bertz CT molecular complexity index is 658. The van der Waals surface area contributed by atoms with E-state index in [1.54, 1.807) is 0 Å². The van der Waals surface area contributed by atoms with Crippen molar-refractivity contribution in [3.8, 4) is 0 Å². The zero-order valence-electron chi connectivity index (χ0n) is 13.8. The Morgan fingerprint density at radius 3 is 3.13 bits per heavy atom. The molecule has 0 spiro atoms. The zero-order valence-corrected chi connectivity index (χ0v) is 13.8. The van der Waals surface area contributed by atoms with Gasteiger partial charge in [-0.25, -0.2) is 4.79 Å². The molecule has 1 saturated carbocycles. The van der Waals surface area contributed by atoms with Crippen LogP contribution in [0.2, 0.25) is 0 Å². The van der Waals surface area contributed by atoms with Gasteiger partial charge in [0.15, 0.2) is 5.69 Å². The van der Waals surface area contributed by atoms with Crippen LogP contribution in [0.1, 0.15) is 54.9 Å². The van der Waals surface area contributed by atoms with Gasteiger partial charge in [-0.2, -0.15) is 0 Å². The lowest BCUT2D eigenvalue weighted by atomic mass is 9.48. The van der Waals surface area contributed by atoms with E-state index < -0.39 is 5.97 Å². The van der Waals surface area contributed by atoms with Crippen molar-refractivity contribution in [3.05, 3.63) is 28.7 Å². The molecule has 2 atom stereocenters. The van der Waals surface area contributed by atoms with Crippen LogP contribution in [0.4, 0.5) is 0 Å². The molecule has 5 nitrogen and oxygen atoms in total. The van der Waals surface area contributed by atoms with Gasteiger partial charge in [0.25, 0.3) is 0 Å². The van der Waals surface area contributed by atoms with Crippen LogP contribution in [0, 0.1) is 17.3 Å². The minimum absolute atomic E-state index is 0.279. The summed E-state index contributed by atoms with van der Waals surface area (Å²) < 4.78 is 16.0. The Labute approximate surface area is 136 Å². The van der Waals surface area contributed by atoms with Crippen LogP contribution >= 0.6 is 0 Å². The number of carbonyl (C=O) groups is 1. The second-order valence-electron chi connectivity index (χ2n) is 7.44. The number of hydrogen-bond donors (Lipinski definition) is 0. The van der Waals surface area contributed by atoms with Crippen LogP contribution in [0.25, 0.3) is 0 Å². The van der Waals surface area contributed by atoms with E-state index in [2.05, 4.69) is 25.1 Å². The van der Waals surface area contributed by atoms with E-state index in [-0.39, 0.29) is 5.69 Å². The Morgan fingerprint density at radius 1 is 1.48 bits per heavy atom. The smallest absolute Gasteiger partial charge is 0.360 e. The molecule has 1 aliphatic heterocycles. The van der Waals surface area contributed by atoms with E-state index in [1.807, 2.05) is 0 Å². The molecule has 3 aliphatic carbocycles. The molecular weight excluding hydrogens is 294 g/mol. The van der Waals surface area contributed by atoms with Crippen molar-refractivity contribution < 1.29 is 18.8 Å². The third-order valence-corrected chi connectivity index (χ3v) is 5.99. The Morgan fingerprint density at radius 2 is 2.35 bits per heavy atom. The lowest BCUT2D eigenvalue weighted by Gasteiger charge is -2.56. The molecule has 0 N–H and O–H groups in total. The summed E-state index contributed by atoms with van der Waals surface area (Å²) in [4.78, 5) is 12.2. The number of esters is 1. The standard InChI is InChI=1S/C18H23NO4/c1-18(2)12-4-3-11(14(18)9-12)5-8-22-17(20)16-13-10-21-7-6-15(13)23-19-16/h3,12,14H,4-10H2,1-2H3/t12-,14-/m0/s1. The molecule has 0 saturated heterocycles. The molecule has 0 unspecified atom stereocenters. The molecule has 1 aromatic heterocycles. The minimum Gasteiger partial charge on any atom is -0.461 e. The first-order valence-corrected chi connectivity index (χ1v) is 8.48. The number of carbonyl (C=O) groups excluding carboxylic acids is 1. The predicted molar refractivity (Wildman–Crippen MR) is 82.8 cm³/mol. The van der Waals surface area contributed by atoms with Crippen molar-refractivity contribution in [1.29, 1.82) is 0 Å². The summed E-state index contributed by atoms with van der Waals surface area (Å²) in [5.74, 6) is 1.84. The summed E-state index contributed by atoms with van der Waals surface area (Å²) in [5.41, 5.74) is 2.90. The van der Waals surface area contributed by atoms with E-state index in [0.29, 0.717) is 37.6 Å². The van der Waals surface area contributed by atoms with Gasteiger partial charge in [-0.05, 0) is 30.1 Å². The topological polar surface area (TPSA) is 61.6 Å². The quantitative estimate of drug-likeness (QED) is 0.630. The van der Waals surface area contributed by atoms with E-state index in [4.69, 9.17) is 14.0 Å². The number of hydrogen-bond acceptors (Lipinski definition) is 5. The lowest BCUT2D eigenvalue weighted by Crippen LogP contribution is -2.48. The fourth-order valence-electron chi connectivity index (χ4n) is 4.28. The van der Waals surface area contributed by atoms with Crippen LogP contribution in [0.3, 0.4) is 0 Å². The average Bonchev–Trinajstić information content (AvgIpc) is 2.99. The molecule has 0 aromatic carbocycles. The summed E-state index contributed by atoms with van der Waals surface area (Å²) in [6, 6.07) is 0. The van der Waals surface area contributed by atoms with Gasteiger partial charge >= 0.3 is 5.97 Å². The summed E-state index contributed by atoms with van der Waals surface area (Å²) >= 11 is 0. The molecule has 124 valence electrons. The monoisotopic (exact) mass is 317 g/mol. The lowest BCUT2D eigenvalue weighted by molar-refractivity contribution is -0.0103. The van der Waals surface area contributed by atoms with Crippen molar-refractivity contribution in [2.45, 2.75) is 46.1 Å². The number of rotatable bonds is 4. The Balaban J connectivity index is 1.34. The maximum atomic E-state index is 12.2. The molecule has 4 aliphatic rings. The Hall–Kier alpha value is -1.62. The van der Waals surface area contributed by atoms with Gasteiger partial charge in [0.05, 0.1) is 25.4 Å². The van der Waals surface area contributed by atoms with Gasteiger partial charge in [-0.3, -0.25) is 0 Å². The van der Waals surface area contributed by atoms with Gasteiger partial charge in [0.2, 0.25) is 0 Å². The second-order valence-corrected chi connectivity index (χ2v) is 7.44. The number of nitrogens with zero attached hydrogens (tertiary/aromatic N) is 1. The number of allylic oxidation sites excluding steroid dienone is 1. The highest BCUT2D eigenvalue weighted by Gasteiger charge is 2.50. The van der Waals surface area contributed by atoms with Crippen molar-refractivity contribution >= 4 is 5.97 Å². The third-order valence-electron chi connectivity index (χ3n) is 5.99. The number of fused-ring (bicyclic) bond motifs is 2. The zero-order chi connectivity index (χ0) is 16.0. The van der Waals surface area contributed by atoms with Crippen molar-refractivity contribution in [2.24, 2.45) is 17.3 Å². The van der Waals surface area contributed by atoms with Crippen LogP contribution in [0.5, 0.6) is 0 Å². The van der Waals surface area contributed by atoms with E-state index in [0.717, 1.165) is 23.7 Å². The largest absolute Gasteiger partial charge is 0.461 e. The molecule has 5 rings (SSSR count). The molecule has 2 bridgehead atoms. The van der Waals surface area contributed by atoms with Crippen molar-refractivity contribution in [3.63, 3.8) is 0 Å². The minimum atomic E-state index is -0.400. The van der Waals surface area contributed by atoms with Crippen molar-refractivity contribution in [2.75, 3.05) is 13.2 Å². The fraction of sp³-hybridized carbons (Fsp3) is 0.667. The summed E-state index contributed by atoms with van der Waals surface area (Å²) in [5, 5.41) is 3.86. The maximum Gasteiger partial charge on any atom is 0.360 e. The van der Waals surface area contributed by atoms with E-state index >= 15 is 0 Å². The molecular formula is C18H23NO4. The predicted octanol–water partition coefficient (Wildman–Crippen LogP) is 3.29. The highest BCUT2D eigenvalue weighted by Crippen LogP contribution is 2.59. The third kappa shape index (κ3) is 2.42. The fourth-order valence-corrected chi connectivity index (χ4v) is 4.28. The molecule has 23 heavy (non-hydrogen) atoms. The van der Waals surface area contributed by atoms with Crippen LogP contribution in [-0.4, -0.2) is 24.3 Å². The van der Waals surface area contributed by atoms with Gasteiger partial charge in [0, 0.05) is 12.8 Å². The molecule has 1 fully saturated rings. The number of ether oxygens (including phenoxy) is 2. The number of aromatic nitrogens is 1. The summed E-state index contributed by atoms with van der Waals surface area (Å²) in [6.07, 6.45) is 6.30. The van der Waals surface area contributed by atoms with Crippen LogP contribution in [0.15, 0.2) is 16.2 Å². The van der Waals surface area contributed by atoms with Gasteiger partial charge in [0.1, 0.15) is 5.76 Å². The molecule has 1 aromatic rings. The first kappa shape index (κ1) is 14.9. The molecule has 0 amide bonds. The van der Waals surface area contributed by atoms with E-state index in [1.165, 1.54) is 18.4 Å². The second kappa shape index (κ2) is 5.48. The molecule has 2 heterocycles. The van der Waals surface area contributed by atoms with Crippen molar-refractivity contribution in [1.82, 2.24) is 5.16 Å². The maximum absolute atomic E-state index is 12.2. The van der Waals surface area contributed by atoms with Crippen LogP contribution < -0.4 is 0 Å². The average molecular weight is 317 g/mol. The summed E-state index contributed by atoms with van der Waals surface area (Å²) in [6.45, 7) is 6.11. The van der Waals surface area contributed by atoms with Gasteiger partial charge in [-0.15, -0.1) is 0 Å². The SMILES string of the molecule is CC1(C)[C@H]2CC=C(CCOC(=O)c3noc4c3COCC4)[C@@H]1C2. The molecule has 0 radical (unpaired) electrons. The first-order chi connectivity index (χ1) is 11.1. The van der Waals surface area contributed by atoms with Crippen LogP contribution in [-0.2, 0) is 22.5 Å². The highest BCUT2D eigenvalue weighted by molar-refractivity contribution is 5.89.